The Morgan fingerprint density at radius 3 is 2.16 bits per heavy atom. The molecule has 1 nitrogen and oxygen atoms in total. The van der Waals surface area contributed by atoms with Gasteiger partial charge in [0.15, 0.2) is 5.78 Å². The van der Waals surface area contributed by atoms with Gasteiger partial charge in [0.2, 0.25) is 0 Å². The summed E-state index contributed by atoms with van der Waals surface area (Å²) < 4.78 is 0. The summed E-state index contributed by atoms with van der Waals surface area (Å²) in [5.74, 6) is -0.0225. The van der Waals surface area contributed by atoms with Crippen LogP contribution in [0.25, 0.3) is 0 Å². The van der Waals surface area contributed by atoms with E-state index in [0.717, 1.165) is 5.56 Å². The molecular weight excluding hydrogens is 276 g/mol. The normalized spacial score (nSPS) is 12.2. The van der Waals surface area contributed by atoms with E-state index in [4.69, 9.17) is 11.6 Å². The Balaban J connectivity index is 2.20. The maximum Gasteiger partial charge on any atom is 0.170 e. The van der Waals surface area contributed by atoms with Crippen molar-refractivity contribution in [3.63, 3.8) is 0 Å². The van der Waals surface area contributed by atoms with Gasteiger partial charge >= 0.3 is 0 Å². The molecule has 0 aliphatic rings. The van der Waals surface area contributed by atoms with Crippen LogP contribution in [0.15, 0.2) is 53.4 Å². The molecule has 0 spiro atoms. The standard InChI is InChI=1S/C16H15ClOS/c1-11(12-5-9-15(19-2)10-6-12)16(18)13-3-7-14(17)8-4-13/h3-11H,1-2H3. The number of rotatable bonds is 4. The molecule has 0 saturated carbocycles. The van der Waals surface area contributed by atoms with Crippen molar-refractivity contribution in [3.8, 4) is 0 Å². The number of hydrogen-bond acceptors (Lipinski definition) is 2. The van der Waals surface area contributed by atoms with Gasteiger partial charge in [-0.05, 0) is 48.2 Å². The summed E-state index contributed by atoms with van der Waals surface area (Å²) in [7, 11) is 0. The average Bonchev–Trinajstić information content (AvgIpc) is 2.46. The molecule has 1 atom stereocenters. The van der Waals surface area contributed by atoms with Gasteiger partial charge in [-0.1, -0.05) is 30.7 Å². The van der Waals surface area contributed by atoms with E-state index < -0.39 is 0 Å². The Kier molecular flexibility index (Phi) is 4.67. The number of ketones is 1. The van der Waals surface area contributed by atoms with E-state index in [1.807, 2.05) is 37.4 Å². The predicted molar refractivity (Wildman–Crippen MR) is 82.4 cm³/mol. The SMILES string of the molecule is CSc1ccc(C(C)C(=O)c2ccc(Cl)cc2)cc1. The lowest BCUT2D eigenvalue weighted by molar-refractivity contribution is 0.0966. The molecule has 2 aromatic rings. The lowest BCUT2D eigenvalue weighted by Gasteiger charge is -2.11. The number of carbonyl (C=O) groups is 1. The van der Waals surface area contributed by atoms with E-state index in [0.29, 0.717) is 10.6 Å². The van der Waals surface area contributed by atoms with E-state index in [9.17, 15) is 4.79 Å². The molecule has 0 aromatic heterocycles. The summed E-state index contributed by atoms with van der Waals surface area (Å²) in [5.41, 5.74) is 1.74. The first-order valence-electron chi connectivity index (χ1n) is 6.05. The average molecular weight is 291 g/mol. The molecule has 1 unspecified atom stereocenters. The zero-order valence-corrected chi connectivity index (χ0v) is 12.5. The summed E-state index contributed by atoms with van der Waals surface area (Å²) in [6.07, 6.45) is 2.04. The first-order chi connectivity index (χ1) is 9.11. The van der Waals surface area contributed by atoms with Gasteiger partial charge in [-0.15, -0.1) is 11.8 Å². The number of halogens is 1. The minimum Gasteiger partial charge on any atom is -0.294 e. The van der Waals surface area contributed by atoms with Crippen molar-refractivity contribution in [2.75, 3.05) is 6.26 Å². The lowest BCUT2D eigenvalue weighted by atomic mass is 9.92. The summed E-state index contributed by atoms with van der Waals surface area (Å²) in [4.78, 5) is 13.6. The summed E-state index contributed by atoms with van der Waals surface area (Å²) in [5, 5.41) is 0.647. The van der Waals surface area contributed by atoms with Gasteiger partial charge in [0.1, 0.15) is 0 Å². The second-order valence-electron chi connectivity index (χ2n) is 4.37. The van der Waals surface area contributed by atoms with E-state index in [2.05, 4.69) is 0 Å². The fourth-order valence-electron chi connectivity index (χ4n) is 1.91. The van der Waals surface area contributed by atoms with Crippen molar-refractivity contribution < 1.29 is 4.79 Å². The molecule has 0 aliphatic carbocycles. The fraction of sp³-hybridized carbons (Fsp3) is 0.188. The van der Waals surface area contributed by atoms with Crippen LogP contribution >= 0.6 is 23.4 Å². The van der Waals surface area contributed by atoms with Crippen LogP contribution in [0.3, 0.4) is 0 Å². The Morgan fingerprint density at radius 1 is 1.05 bits per heavy atom. The highest BCUT2D eigenvalue weighted by molar-refractivity contribution is 7.98. The molecule has 0 aliphatic heterocycles. The molecule has 3 heteroatoms. The molecule has 0 amide bonds. The molecule has 2 aromatic carbocycles. The molecular formula is C16H15ClOS. The van der Waals surface area contributed by atoms with E-state index in [1.165, 1.54) is 4.90 Å². The minimum absolute atomic E-state index is 0.119. The smallest absolute Gasteiger partial charge is 0.170 e. The van der Waals surface area contributed by atoms with Crippen LogP contribution in [0, 0.1) is 0 Å². The number of benzene rings is 2. The third-order valence-corrected chi connectivity index (χ3v) is 4.13. The highest BCUT2D eigenvalue weighted by atomic mass is 35.5. The van der Waals surface area contributed by atoms with Gasteiger partial charge in [0.25, 0.3) is 0 Å². The van der Waals surface area contributed by atoms with E-state index in [1.54, 1.807) is 36.0 Å². The molecule has 0 N–H and O–H groups in total. The van der Waals surface area contributed by atoms with Crippen LogP contribution in [0.2, 0.25) is 5.02 Å². The van der Waals surface area contributed by atoms with Crippen molar-refractivity contribution in [2.45, 2.75) is 17.7 Å². The van der Waals surface area contributed by atoms with E-state index >= 15 is 0 Å². The maximum atomic E-state index is 12.4. The highest BCUT2D eigenvalue weighted by Gasteiger charge is 2.16. The Morgan fingerprint density at radius 2 is 1.63 bits per heavy atom. The van der Waals surface area contributed by atoms with Crippen molar-refractivity contribution in [2.24, 2.45) is 0 Å². The second-order valence-corrected chi connectivity index (χ2v) is 5.68. The largest absolute Gasteiger partial charge is 0.294 e. The summed E-state index contributed by atoms with van der Waals surface area (Å²) >= 11 is 7.53. The second kappa shape index (κ2) is 6.27. The van der Waals surface area contributed by atoms with Crippen molar-refractivity contribution in [3.05, 3.63) is 64.7 Å². The van der Waals surface area contributed by atoms with Gasteiger partial charge in [0.05, 0.1) is 0 Å². The van der Waals surface area contributed by atoms with Crippen molar-refractivity contribution >= 4 is 29.1 Å². The summed E-state index contributed by atoms with van der Waals surface area (Å²) in [6.45, 7) is 1.94. The monoisotopic (exact) mass is 290 g/mol. The number of thioether (sulfide) groups is 1. The van der Waals surface area contributed by atoms with Gasteiger partial charge in [-0.2, -0.15) is 0 Å². The van der Waals surface area contributed by atoms with Crippen LogP contribution in [0.5, 0.6) is 0 Å². The Labute approximate surface area is 123 Å². The molecule has 0 bridgehead atoms. The fourth-order valence-corrected chi connectivity index (χ4v) is 2.44. The zero-order chi connectivity index (χ0) is 13.8. The Bertz CT molecular complexity index is 560. The first kappa shape index (κ1) is 14.2. The third kappa shape index (κ3) is 3.40. The van der Waals surface area contributed by atoms with Crippen LogP contribution in [0.1, 0.15) is 28.8 Å². The number of carbonyl (C=O) groups excluding carboxylic acids is 1. The van der Waals surface area contributed by atoms with Crippen LogP contribution in [-0.2, 0) is 0 Å². The number of Topliss-reactive ketones (excluding diaryl/α,β-unsaturated/α-hetero) is 1. The number of hydrogen-bond donors (Lipinski definition) is 0. The van der Waals surface area contributed by atoms with Crippen LogP contribution in [0.4, 0.5) is 0 Å². The minimum atomic E-state index is -0.142. The first-order valence-corrected chi connectivity index (χ1v) is 7.66. The van der Waals surface area contributed by atoms with Crippen molar-refractivity contribution in [1.29, 1.82) is 0 Å². The molecule has 2 rings (SSSR count). The quantitative estimate of drug-likeness (QED) is 0.579. The van der Waals surface area contributed by atoms with Gasteiger partial charge in [0, 0.05) is 21.4 Å². The molecule has 0 heterocycles. The van der Waals surface area contributed by atoms with Gasteiger partial charge in [-0.3, -0.25) is 4.79 Å². The topological polar surface area (TPSA) is 17.1 Å². The van der Waals surface area contributed by atoms with Crippen LogP contribution < -0.4 is 0 Å². The predicted octanol–water partition coefficient (Wildman–Crippen LogP) is 5.05. The van der Waals surface area contributed by atoms with E-state index in [-0.39, 0.29) is 11.7 Å². The molecule has 98 valence electrons. The van der Waals surface area contributed by atoms with Crippen LogP contribution in [-0.4, -0.2) is 12.0 Å². The summed E-state index contributed by atoms with van der Waals surface area (Å²) in [6, 6.07) is 15.2. The van der Waals surface area contributed by atoms with Crippen molar-refractivity contribution in [1.82, 2.24) is 0 Å². The zero-order valence-electron chi connectivity index (χ0n) is 10.9. The molecule has 0 radical (unpaired) electrons. The van der Waals surface area contributed by atoms with Gasteiger partial charge in [-0.25, -0.2) is 0 Å². The third-order valence-electron chi connectivity index (χ3n) is 3.14. The maximum absolute atomic E-state index is 12.4. The molecule has 0 saturated heterocycles. The molecule has 0 fully saturated rings. The van der Waals surface area contributed by atoms with Gasteiger partial charge < -0.3 is 0 Å². The highest BCUT2D eigenvalue weighted by Crippen LogP contribution is 2.24. The Hall–Kier alpha value is -1.25. The molecule has 19 heavy (non-hydrogen) atoms. The lowest BCUT2D eigenvalue weighted by Crippen LogP contribution is -2.09.